The average Bonchev–Trinajstić information content (AvgIpc) is 3.10. The van der Waals surface area contributed by atoms with Crippen LogP contribution in [-0.2, 0) is 11.3 Å². The summed E-state index contributed by atoms with van der Waals surface area (Å²) in [6.45, 7) is 1.16. The standard InChI is InChI=1S/C14H14F3N5O3/c1-8-6-11-21(5-3-10(14(15,16)17)22(11)18-8)12(23)7-20-4-2-9(19-20)13(24)25/h2,4,6,10H,3,5,7H2,1H3,(H,24,25). The first kappa shape index (κ1) is 17.0. The van der Waals surface area contributed by atoms with Crippen molar-refractivity contribution >= 4 is 17.7 Å². The van der Waals surface area contributed by atoms with Gasteiger partial charge in [0.05, 0.1) is 5.69 Å². The van der Waals surface area contributed by atoms with Gasteiger partial charge in [-0.1, -0.05) is 0 Å². The van der Waals surface area contributed by atoms with Gasteiger partial charge in [0.15, 0.2) is 11.7 Å². The van der Waals surface area contributed by atoms with Crippen molar-refractivity contribution in [3.63, 3.8) is 0 Å². The molecule has 0 spiro atoms. The lowest BCUT2D eigenvalue weighted by molar-refractivity contribution is -0.173. The number of hydrogen-bond acceptors (Lipinski definition) is 4. The van der Waals surface area contributed by atoms with Crippen LogP contribution in [0, 0.1) is 6.92 Å². The Morgan fingerprint density at radius 1 is 1.36 bits per heavy atom. The minimum atomic E-state index is -4.46. The predicted molar refractivity (Wildman–Crippen MR) is 78.2 cm³/mol. The number of alkyl halides is 3. The van der Waals surface area contributed by atoms with Crippen LogP contribution in [0.3, 0.4) is 0 Å². The smallest absolute Gasteiger partial charge is 0.410 e. The Labute approximate surface area is 139 Å². The van der Waals surface area contributed by atoms with Crippen molar-refractivity contribution in [2.24, 2.45) is 0 Å². The Morgan fingerprint density at radius 2 is 2.08 bits per heavy atom. The van der Waals surface area contributed by atoms with Crippen molar-refractivity contribution in [1.82, 2.24) is 19.6 Å². The Morgan fingerprint density at radius 3 is 2.68 bits per heavy atom. The van der Waals surface area contributed by atoms with Crippen LogP contribution in [0.2, 0.25) is 0 Å². The third-order valence-corrected chi connectivity index (χ3v) is 3.87. The molecule has 0 aliphatic carbocycles. The van der Waals surface area contributed by atoms with E-state index in [1.807, 2.05) is 0 Å². The fourth-order valence-corrected chi connectivity index (χ4v) is 2.76. The molecule has 1 amide bonds. The number of hydrogen-bond donors (Lipinski definition) is 1. The van der Waals surface area contributed by atoms with Crippen molar-refractivity contribution in [2.75, 3.05) is 11.4 Å². The van der Waals surface area contributed by atoms with Crippen molar-refractivity contribution in [3.05, 3.63) is 29.7 Å². The SMILES string of the molecule is Cc1cc2n(n1)C(C(F)(F)F)CCN2C(=O)Cn1ccc(C(=O)O)n1. The van der Waals surface area contributed by atoms with E-state index in [1.54, 1.807) is 6.92 Å². The van der Waals surface area contributed by atoms with E-state index in [0.29, 0.717) is 5.69 Å². The second kappa shape index (κ2) is 5.90. The maximum absolute atomic E-state index is 13.1. The van der Waals surface area contributed by atoms with Gasteiger partial charge in [0.1, 0.15) is 12.4 Å². The third-order valence-electron chi connectivity index (χ3n) is 3.87. The molecule has 0 bridgehead atoms. The van der Waals surface area contributed by atoms with Crippen molar-refractivity contribution in [1.29, 1.82) is 0 Å². The van der Waals surface area contributed by atoms with Crippen LogP contribution in [0.15, 0.2) is 18.3 Å². The summed E-state index contributed by atoms with van der Waals surface area (Å²) >= 11 is 0. The summed E-state index contributed by atoms with van der Waals surface area (Å²) in [7, 11) is 0. The van der Waals surface area contributed by atoms with Gasteiger partial charge in [-0.3, -0.25) is 14.4 Å². The van der Waals surface area contributed by atoms with Crippen LogP contribution in [0.4, 0.5) is 19.0 Å². The van der Waals surface area contributed by atoms with E-state index in [0.717, 1.165) is 9.36 Å². The van der Waals surface area contributed by atoms with Gasteiger partial charge >= 0.3 is 12.1 Å². The molecular weight excluding hydrogens is 343 g/mol. The summed E-state index contributed by atoms with van der Waals surface area (Å²) in [5.41, 5.74) is 0.153. The molecule has 0 saturated heterocycles. The lowest BCUT2D eigenvalue weighted by Crippen LogP contribution is -2.44. The largest absolute Gasteiger partial charge is 0.476 e. The van der Waals surface area contributed by atoms with Gasteiger partial charge in [-0.2, -0.15) is 23.4 Å². The van der Waals surface area contributed by atoms with Gasteiger partial charge < -0.3 is 5.11 Å². The summed E-state index contributed by atoms with van der Waals surface area (Å²) < 4.78 is 41.4. The molecule has 0 fully saturated rings. The van der Waals surface area contributed by atoms with Gasteiger partial charge in [0.2, 0.25) is 5.91 Å². The van der Waals surface area contributed by atoms with Crippen LogP contribution < -0.4 is 4.90 Å². The number of aryl methyl sites for hydroxylation is 1. The summed E-state index contributed by atoms with van der Waals surface area (Å²) in [6, 6.07) is 0.880. The molecule has 11 heteroatoms. The topological polar surface area (TPSA) is 93.2 Å². The van der Waals surface area contributed by atoms with E-state index < -0.39 is 24.1 Å². The molecule has 0 aromatic carbocycles. The normalized spacial score (nSPS) is 17.4. The highest BCUT2D eigenvalue weighted by Gasteiger charge is 2.46. The molecule has 1 aliphatic heterocycles. The Kier molecular flexibility index (Phi) is 4.01. The molecule has 1 aliphatic rings. The van der Waals surface area contributed by atoms with Gasteiger partial charge in [0.25, 0.3) is 0 Å². The zero-order valence-corrected chi connectivity index (χ0v) is 13.1. The zero-order valence-electron chi connectivity index (χ0n) is 13.1. The molecule has 2 aromatic heterocycles. The number of halogens is 3. The van der Waals surface area contributed by atoms with E-state index in [-0.39, 0.29) is 31.0 Å². The molecule has 134 valence electrons. The number of aromatic carboxylic acids is 1. The lowest BCUT2D eigenvalue weighted by Gasteiger charge is -2.33. The number of rotatable bonds is 3. The number of fused-ring (bicyclic) bond motifs is 1. The molecule has 3 rings (SSSR count). The molecule has 1 unspecified atom stereocenters. The average molecular weight is 357 g/mol. The number of carboxylic acids is 1. The first-order chi connectivity index (χ1) is 11.7. The maximum atomic E-state index is 13.1. The van der Waals surface area contributed by atoms with Gasteiger partial charge in [-0.25, -0.2) is 9.48 Å². The van der Waals surface area contributed by atoms with Crippen LogP contribution in [-0.4, -0.2) is 49.3 Å². The number of carbonyl (C=O) groups is 2. The number of anilines is 1. The Hall–Kier alpha value is -2.85. The zero-order chi connectivity index (χ0) is 18.4. The number of carboxylic acid groups (broad SMARTS) is 1. The maximum Gasteiger partial charge on any atom is 0.410 e. The van der Waals surface area contributed by atoms with Gasteiger partial charge in [-0.05, 0) is 19.4 Å². The molecule has 3 heterocycles. The number of aromatic nitrogens is 4. The molecule has 25 heavy (non-hydrogen) atoms. The highest BCUT2D eigenvalue weighted by molar-refractivity contribution is 5.92. The minimum absolute atomic E-state index is 0.0710. The third kappa shape index (κ3) is 3.21. The summed E-state index contributed by atoms with van der Waals surface area (Å²) in [5.74, 6) is -1.66. The van der Waals surface area contributed by atoms with Gasteiger partial charge in [0, 0.05) is 18.8 Å². The minimum Gasteiger partial charge on any atom is -0.476 e. The van der Waals surface area contributed by atoms with Crippen LogP contribution in [0.5, 0.6) is 0 Å². The highest BCUT2D eigenvalue weighted by Crippen LogP contribution is 2.39. The lowest BCUT2D eigenvalue weighted by atomic mass is 10.1. The molecule has 1 N–H and O–H groups in total. The van der Waals surface area contributed by atoms with Crippen LogP contribution in [0.1, 0.15) is 28.6 Å². The van der Waals surface area contributed by atoms with E-state index in [1.165, 1.54) is 23.2 Å². The van der Waals surface area contributed by atoms with Crippen molar-refractivity contribution in [2.45, 2.75) is 32.1 Å². The van der Waals surface area contributed by atoms with E-state index in [9.17, 15) is 22.8 Å². The monoisotopic (exact) mass is 357 g/mol. The second-order valence-electron chi connectivity index (χ2n) is 5.68. The Bertz CT molecular complexity index is 826. The molecule has 0 saturated carbocycles. The second-order valence-corrected chi connectivity index (χ2v) is 5.68. The van der Waals surface area contributed by atoms with E-state index >= 15 is 0 Å². The summed E-state index contributed by atoms with van der Waals surface area (Å²) in [4.78, 5) is 24.5. The van der Waals surface area contributed by atoms with E-state index in [4.69, 9.17) is 5.11 Å². The fourth-order valence-electron chi connectivity index (χ4n) is 2.76. The predicted octanol–water partition coefficient (Wildman–Crippen LogP) is 1.63. The van der Waals surface area contributed by atoms with Crippen LogP contribution >= 0.6 is 0 Å². The number of nitrogens with zero attached hydrogens (tertiary/aromatic N) is 5. The molecular formula is C14H14F3N5O3. The highest BCUT2D eigenvalue weighted by atomic mass is 19.4. The molecule has 1 atom stereocenters. The van der Waals surface area contributed by atoms with Gasteiger partial charge in [-0.15, -0.1) is 0 Å². The van der Waals surface area contributed by atoms with Crippen molar-refractivity contribution in [3.8, 4) is 0 Å². The number of carbonyl (C=O) groups excluding carboxylic acids is 1. The summed E-state index contributed by atoms with van der Waals surface area (Å²) in [6.07, 6.45) is -3.43. The molecule has 2 aromatic rings. The quantitative estimate of drug-likeness (QED) is 0.901. The first-order valence-electron chi connectivity index (χ1n) is 7.37. The first-order valence-corrected chi connectivity index (χ1v) is 7.37. The molecule has 0 radical (unpaired) electrons. The van der Waals surface area contributed by atoms with Crippen LogP contribution in [0.25, 0.3) is 0 Å². The van der Waals surface area contributed by atoms with E-state index in [2.05, 4.69) is 10.2 Å². The fraction of sp³-hybridized carbons (Fsp3) is 0.429. The van der Waals surface area contributed by atoms with Crippen molar-refractivity contribution < 1.29 is 27.9 Å². The Balaban J connectivity index is 1.84. The number of amides is 1. The molecule has 8 nitrogen and oxygen atoms in total. The summed E-state index contributed by atoms with van der Waals surface area (Å²) in [5, 5.41) is 16.4.